The molecule has 3 aromatic rings. The number of esters is 1. The molecule has 196 valence electrons. The lowest BCUT2D eigenvalue weighted by molar-refractivity contribution is 0.0734. The van der Waals surface area contributed by atoms with Gasteiger partial charge in [0, 0.05) is 11.6 Å². The van der Waals surface area contributed by atoms with Crippen molar-refractivity contribution >= 4 is 29.2 Å². The number of nitriles is 1. The molecular weight excluding hydrogens is 527 g/mol. The van der Waals surface area contributed by atoms with E-state index in [9.17, 15) is 10.1 Å². The normalized spacial score (nSPS) is 14.2. The number of hydrogen-bond acceptors (Lipinski definition) is 7. The van der Waals surface area contributed by atoms with E-state index in [4.69, 9.17) is 47.9 Å². The Labute approximate surface area is 231 Å². The first-order valence-corrected chi connectivity index (χ1v) is 12.9. The van der Waals surface area contributed by atoms with Crippen LogP contribution in [0.25, 0.3) is 0 Å². The lowest BCUT2D eigenvalue weighted by Crippen LogP contribution is -2.21. The molecule has 2 N–H and O–H groups in total. The van der Waals surface area contributed by atoms with Crippen molar-refractivity contribution in [1.82, 2.24) is 0 Å². The van der Waals surface area contributed by atoms with Crippen LogP contribution in [0.15, 0.2) is 66.1 Å². The standard InChI is InChI=1S/C29H26Cl2N2O5/c1-3-11-35-19-7-5-17(6-8-19)26-21-10-9-20(15-25(21)38-28(33)22(26)16-32)37-29(34)18-13-23(30)27(24(31)14-18)36-12-4-2/h5-10,13-15,26H,3-4,11-12,33H2,1-2H3. The third kappa shape index (κ3) is 5.83. The van der Waals surface area contributed by atoms with Gasteiger partial charge in [-0.1, -0.05) is 55.2 Å². The Hall–Kier alpha value is -3.86. The summed E-state index contributed by atoms with van der Waals surface area (Å²) in [6.45, 7) is 5.06. The van der Waals surface area contributed by atoms with Crippen LogP contribution in [-0.2, 0) is 0 Å². The van der Waals surface area contributed by atoms with Crippen LogP contribution in [-0.4, -0.2) is 19.2 Å². The highest BCUT2D eigenvalue weighted by Crippen LogP contribution is 2.44. The fourth-order valence-corrected chi connectivity index (χ4v) is 4.60. The second kappa shape index (κ2) is 12.1. The number of benzene rings is 3. The lowest BCUT2D eigenvalue weighted by atomic mass is 9.83. The van der Waals surface area contributed by atoms with E-state index < -0.39 is 11.9 Å². The van der Waals surface area contributed by atoms with E-state index in [2.05, 4.69) is 6.07 Å². The zero-order valence-electron chi connectivity index (χ0n) is 20.9. The molecule has 4 rings (SSSR count). The molecule has 0 bridgehead atoms. The average molecular weight is 553 g/mol. The van der Waals surface area contributed by atoms with Gasteiger partial charge in [0.2, 0.25) is 5.88 Å². The molecular formula is C29H26Cl2N2O5. The van der Waals surface area contributed by atoms with Gasteiger partial charge in [0.05, 0.1) is 34.7 Å². The van der Waals surface area contributed by atoms with Gasteiger partial charge in [0.1, 0.15) is 28.9 Å². The van der Waals surface area contributed by atoms with Gasteiger partial charge < -0.3 is 24.7 Å². The van der Waals surface area contributed by atoms with Crippen LogP contribution in [0.3, 0.4) is 0 Å². The Kier molecular flexibility index (Phi) is 8.67. The topological polar surface area (TPSA) is 104 Å². The molecule has 1 heterocycles. The van der Waals surface area contributed by atoms with E-state index in [1.807, 2.05) is 38.1 Å². The molecule has 0 amide bonds. The number of allylic oxidation sites excluding steroid dienone is 1. The maximum Gasteiger partial charge on any atom is 0.343 e. The van der Waals surface area contributed by atoms with Gasteiger partial charge in [-0.3, -0.25) is 0 Å². The Balaban J connectivity index is 1.60. The van der Waals surface area contributed by atoms with Gasteiger partial charge in [-0.15, -0.1) is 0 Å². The minimum Gasteiger partial charge on any atom is -0.494 e. The van der Waals surface area contributed by atoms with Crippen LogP contribution in [0.4, 0.5) is 0 Å². The molecule has 1 aliphatic heterocycles. The quantitative estimate of drug-likeness (QED) is 0.225. The number of ether oxygens (including phenoxy) is 4. The van der Waals surface area contributed by atoms with Crippen molar-refractivity contribution in [2.45, 2.75) is 32.6 Å². The van der Waals surface area contributed by atoms with E-state index in [0.717, 1.165) is 24.2 Å². The zero-order chi connectivity index (χ0) is 27.2. The van der Waals surface area contributed by atoms with Crippen LogP contribution in [0, 0.1) is 11.3 Å². The summed E-state index contributed by atoms with van der Waals surface area (Å²) in [5.41, 5.74) is 8.12. The summed E-state index contributed by atoms with van der Waals surface area (Å²) in [6.07, 6.45) is 1.69. The highest BCUT2D eigenvalue weighted by molar-refractivity contribution is 6.37. The summed E-state index contributed by atoms with van der Waals surface area (Å²) in [6, 6.07) is 17.5. The van der Waals surface area contributed by atoms with Crippen LogP contribution in [0.1, 0.15) is 54.1 Å². The van der Waals surface area contributed by atoms with Crippen LogP contribution in [0.2, 0.25) is 10.0 Å². The highest BCUT2D eigenvalue weighted by atomic mass is 35.5. The molecule has 7 nitrogen and oxygen atoms in total. The van der Waals surface area contributed by atoms with Gasteiger partial charge >= 0.3 is 5.97 Å². The van der Waals surface area contributed by atoms with Crippen molar-refractivity contribution in [2.75, 3.05) is 13.2 Å². The monoisotopic (exact) mass is 552 g/mol. The lowest BCUT2D eigenvalue weighted by Gasteiger charge is -2.26. The van der Waals surface area contributed by atoms with Crippen molar-refractivity contribution in [3.63, 3.8) is 0 Å². The van der Waals surface area contributed by atoms with Crippen LogP contribution < -0.4 is 24.7 Å². The maximum absolute atomic E-state index is 12.9. The number of halogens is 2. The third-order valence-electron chi connectivity index (χ3n) is 5.77. The molecule has 0 radical (unpaired) electrons. The number of nitrogens with two attached hydrogens (primary N) is 1. The van der Waals surface area contributed by atoms with E-state index >= 15 is 0 Å². The van der Waals surface area contributed by atoms with E-state index in [0.29, 0.717) is 35.8 Å². The Morgan fingerprint density at radius 2 is 1.61 bits per heavy atom. The second-order valence-electron chi connectivity index (χ2n) is 8.55. The van der Waals surface area contributed by atoms with Gasteiger partial charge in [-0.25, -0.2) is 4.79 Å². The average Bonchev–Trinajstić information content (AvgIpc) is 2.91. The molecule has 1 atom stereocenters. The molecule has 38 heavy (non-hydrogen) atoms. The number of carbonyl (C=O) groups is 1. The first-order valence-electron chi connectivity index (χ1n) is 12.1. The predicted octanol–water partition coefficient (Wildman–Crippen LogP) is 7.01. The number of carbonyl (C=O) groups excluding carboxylic acids is 1. The molecule has 0 saturated heterocycles. The Morgan fingerprint density at radius 1 is 0.974 bits per heavy atom. The van der Waals surface area contributed by atoms with Gasteiger partial charge in [0.25, 0.3) is 0 Å². The summed E-state index contributed by atoms with van der Waals surface area (Å²) in [5, 5.41) is 10.2. The first-order chi connectivity index (χ1) is 18.4. The number of fused-ring (bicyclic) bond motifs is 1. The molecule has 0 spiro atoms. The maximum atomic E-state index is 12.9. The van der Waals surface area contributed by atoms with E-state index in [1.165, 1.54) is 12.1 Å². The van der Waals surface area contributed by atoms with Gasteiger partial charge in [-0.05, 0) is 48.7 Å². The van der Waals surface area contributed by atoms with Gasteiger partial charge in [-0.2, -0.15) is 5.26 Å². The minimum atomic E-state index is -0.660. The third-order valence-corrected chi connectivity index (χ3v) is 6.33. The minimum absolute atomic E-state index is 0.0129. The molecule has 1 aliphatic rings. The van der Waals surface area contributed by atoms with Gasteiger partial charge in [0.15, 0.2) is 5.75 Å². The number of hydrogen-bond donors (Lipinski definition) is 1. The fourth-order valence-electron chi connectivity index (χ4n) is 4.00. The summed E-state index contributed by atoms with van der Waals surface area (Å²) < 4.78 is 22.5. The SMILES string of the molecule is CCCOc1ccc(C2C(C#N)=C(N)Oc3cc(OC(=O)c4cc(Cl)c(OCCC)c(Cl)c4)ccc32)cc1. The second-order valence-corrected chi connectivity index (χ2v) is 9.36. The Morgan fingerprint density at radius 3 is 2.24 bits per heavy atom. The van der Waals surface area contributed by atoms with Crippen LogP contribution >= 0.6 is 23.2 Å². The van der Waals surface area contributed by atoms with Crippen molar-refractivity contribution in [3.05, 3.63) is 92.8 Å². The molecule has 0 fully saturated rings. The molecule has 1 unspecified atom stereocenters. The van der Waals surface area contributed by atoms with E-state index in [1.54, 1.807) is 18.2 Å². The number of nitrogens with zero attached hydrogens (tertiary/aromatic N) is 1. The first kappa shape index (κ1) is 27.2. The number of rotatable bonds is 9. The fraction of sp³-hybridized carbons (Fsp3) is 0.241. The van der Waals surface area contributed by atoms with Crippen molar-refractivity contribution in [2.24, 2.45) is 5.73 Å². The Bertz CT molecular complexity index is 1390. The molecule has 3 aromatic carbocycles. The summed E-state index contributed by atoms with van der Waals surface area (Å²) in [7, 11) is 0. The summed E-state index contributed by atoms with van der Waals surface area (Å²) >= 11 is 12.5. The molecule has 0 aromatic heterocycles. The van der Waals surface area contributed by atoms with Crippen molar-refractivity contribution in [1.29, 1.82) is 5.26 Å². The van der Waals surface area contributed by atoms with E-state index in [-0.39, 0.29) is 27.2 Å². The zero-order valence-corrected chi connectivity index (χ0v) is 22.4. The highest BCUT2D eigenvalue weighted by Gasteiger charge is 2.31. The molecule has 0 aliphatic carbocycles. The molecule has 0 saturated carbocycles. The van der Waals surface area contributed by atoms with Crippen molar-refractivity contribution < 1.29 is 23.7 Å². The van der Waals surface area contributed by atoms with Crippen LogP contribution in [0.5, 0.6) is 23.0 Å². The van der Waals surface area contributed by atoms with Crippen molar-refractivity contribution in [3.8, 4) is 29.1 Å². The molecule has 9 heteroatoms. The largest absolute Gasteiger partial charge is 0.494 e. The summed E-state index contributed by atoms with van der Waals surface area (Å²) in [5.74, 6) is 0.534. The smallest absolute Gasteiger partial charge is 0.343 e. The predicted molar refractivity (Wildman–Crippen MR) is 145 cm³/mol. The summed E-state index contributed by atoms with van der Waals surface area (Å²) in [4.78, 5) is 12.9.